The molecule has 2 aromatic carbocycles. The van der Waals surface area contributed by atoms with Gasteiger partial charge in [-0.05, 0) is 37.1 Å². The first-order valence-corrected chi connectivity index (χ1v) is 6.79. The van der Waals surface area contributed by atoms with E-state index >= 15 is 0 Å². The number of hydrogen-bond acceptors (Lipinski definition) is 3. The monoisotopic (exact) mass is 291 g/mol. The quantitative estimate of drug-likeness (QED) is 0.883. The minimum Gasteiger partial charge on any atom is -0.506 e. The van der Waals surface area contributed by atoms with Crippen molar-refractivity contribution in [3.05, 3.63) is 52.0 Å². The molecule has 0 spiro atoms. The highest BCUT2D eigenvalue weighted by Crippen LogP contribution is 2.32. The summed E-state index contributed by atoms with van der Waals surface area (Å²) in [6.45, 7) is 4.38. The molecule has 0 heterocycles. The third-order valence-corrected chi connectivity index (χ3v) is 3.60. The van der Waals surface area contributed by atoms with E-state index in [1.165, 1.54) is 5.56 Å². The van der Waals surface area contributed by atoms with Gasteiger partial charge in [-0.1, -0.05) is 23.7 Å². The third-order valence-electron chi connectivity index (χ3n) is 3.30. The molecular weight excluding hydrogens is 274 g/mol. The Morgan fingerprint density at radius 1 is 1.20 bits per heavy atom. The molecule has 106 valence electrons. The molecule has 0 unspecified atom stereocenters. The fourth-order valence-electron chi connectivity index (χ4n) is 2.08. The SMILES string of the molecule is CNc1cccc(C)c1COc1cc(Cl)c(O)cc1C. The Morgan fingerprint density at radius 3 is 2.65 bits per heavy atom. The Kier molecular flexibility index (Phi) is 4.40. The number of rotatable bonds is 4. The fourth-order valence-corrected chi connectivity index (χ4v) is 2.24. The molecule has 2 rings (SSSR count). The summed E-state index contributed by atoms with van der Waals surface area (Å²) >= 11 is 5.92. The van der Waals surface area contributed by atoms with Gasteiger partial charge in [0.05, 0.1) is 5.02 Å². The lowest BCUT2D eigenvalue weighted by Crippen LogP contribution is -2.03. The van der Waals surface area contributed by atoms with Crippen LogP contribution < -0.4 is 10.1 Å². The first-order chi connectivity index (χ1) is 9.52. The predicted octanol–water partition coefficient (Wildman–Crippen LogP) is 4.28. The van der Waals surface area contributed by atoms with E-state index in [0.717, 1.165) is 16.8 Å². The summed E-state index contributed by atoms with van der Waals surface area (Å²) in [7, 11) is 1.89. The van der Waals surface area contributed by atoms with Gasteiger partial charge in [0.15, 0.2) is 0 Å². The minimum absolute atomic E-state index is 0.0725. The number of aryl methyl sites for hydroxylation is 2. The fraction of sp³-hybridized carbons (Fsp3) is 0.250. The number of nitrogens with one attached hydrogen (secondary N) is 1. The zero-order valence-corrected chi connectivity index (χ0v) is 12.6. The smallest absolute Gasteiger partial charge is 0.134 e. The molecule has 0 saturated heterocycles. The second-order valence-electron chi connectivity index (χ2n) is 4.71. The van der Waals surface area contributed by atoms with E-state index in [4.69, 9.17) is 16.3 Å². The maximum atomic E-state index is 9.54. The van der Waals surface area contributed by atoms with Crippen LogP contribution in [-0.2, 0) is 6.61 Å². The number of phenolic OH excluding ortho intramolecular Hbond substituents is 1. The van der Waals surface area contributed by atoms with E-state index in [2.05, 4.69) is 18.3 Å². The van der Waals surface area contributed by atoms with Crippen LogP contribution >= 0.6 is 11.6 Å². The highest BCUT2D eigenvalue weighted by molar-refractivity contribution is 6.32. The average Bonchev–Trinajstić information content (AvgIpc) is 2.42. The van der Waals surface area contributed by atoms with E-state index in [1.54, 1.807) is 12.1 Å². The maximum absolute atomic E-state index is 9.54. The highest BCUT2D eigenvalue weighted by atomic mass is 35.5. The Hall–Kier alpha value is -1.87. The molecule has 0 radical (unpaired) electrons. The van der Waals surface area contributed by atoms with Crippen LogP contribution in [-0.4, -0.2) is 12.2 Å². The largest absolute Gasteiger partial charge is 0.506 e. The molecule has 2 aromatic rings. The summed E-state index contributed by atoms with van der Waals surface area (Å²) in [6.07, 6.45) is 0. The Morgan fingerprint density at radius 2 is 1.95 bits per heavy atom. The molecule has 0 aliphatic carbocycles. The predicted molar refractivity (Wildman–Crippen MR) is 82.9 cm³/mol. The topological polar surface area (TPSA) is 41.5 Å². The van der Waals surface area contributed by atoms with E-state index < -0.39 is 0 Å². The molecule has 0 bridgehead atoms. The summed E-state index contributed by atoms with van der Waals surface area (Å²) in [5.74, 6) is 0.751. The Bertz CT molecular complexity index is 626. The lowest BCUT2D eigenvalue weighted by molar-refractivity contribution is 0.303. The molecule has 3 nitrogen and oxygen atoms in total. The van der Waals surface area contributed by atoms with Crippen molar-refractivity contribution in [3.63, 3.8) is 0 Å². The molecule has 0 aromatic heterocycles. The van der Waals surface area contributed by atoms with Gasteiger partial charge >= 0.3 is 0 Å². The van der Waals surface area contributed by atoms with Crippen LogP contribution in [0.3, 0.4) is 0 Å². The molecular formula is C16H18ClNO2. The van der Waals surface area contributed by atoms with E-state index in [1.807, 2.05) is 26.1 Å². The van der Waals surface area contributed by atoms with Crippen LogP contribution in [0.25, 0.3) is 0 Å². The summed E-state index contributed by atoms with van der Waals surface area (Å²) in [6, 6.07) is 9.32. The summed E-state index contributed by atoms with van der Waals surface area (Å²) in [4.78, 5) is 0. The van der Waals surface area contributed by atoms with Crippen LogP contribution in [0, 0.1) is 13.8 Å². The van der Waals surface area contributed by atoms with Crippen molar-refractivity contribution in [1.29, 1.82) is 0 Å². The number of benzene rings is 2. The van der Waals surface area contributed by atoms with Crippen molar-refractivity contribution in [2.75, 3.05) is 12.4 Å². The minimum atomic E-state index is 0.0725. The molecule has 0 aliphatic heterocycles. The number of phenols is 1. The van der Waals surface area contributed by atoms with Crippen LogP contribution in [0.2, 0.25) is 5.02 Å². The number of aromatic hydroxyl groups is 1. The second kappa shape index (κ2) is 6.06. The van der Waals surface area contributed by atoms with Gasteiger partial charge in [-0.3, -0.25) is 0 Å². The van der Waals surface area contributed by atoms with Crippen molar-refractivity contribution in [1.82, 2.24) is 0 Å². The van der Waals surface area contributed by atoms with E-state index in [9.17, 15) is 5.11 Å². The molecule has 20 heavy (non-hydrogen) atoms. The number of hydrogen-bond donors (Lipinski definition) is 2. The lowest BCUT2D eigenvalue weighted by atomic mass is 10.1. The molecule has 0 amide bonds. The van der Waals surface area contributed by atoms with Gasteiger partial charge < -0.3 is 15.2 Å². The van der Waals surface area contributed by atoms with Gasteiger partial charge in [0.25, 0.3) is 0 Å². The molecule has 0 atom stereocenters. The van der Waals surface area contributed by atoms with E-state index in [-0.39, 0.29) is 5.75 Å². The van der Waals surface area contributed by atoms with Crippen LogP contribution in [0.5, 0.6) is 11.5 Å². The first kappa shape index (κ1) is 14.5. The van der Waals surface area contributed by atoms with Crippen molar-refractivity contribution in [2.45, 2.75) is 20.5 Å². The molecule has 0 aliphatic rings. The third kappa shape index (κ3) is 2.99. The Labute approximate surface area is 124 Å². The molecule has 0 saturated carbocycles. The van der Waals surface area contributed by atoms with E-state index in [0.29, 0.717) is 17.4 Å². The summed E-state index contributed by atoms with van der Waals surface area (Å²) in [5, 5.41) is 13.0. The van der Waals surface area contributed by atoms with Gasteiger partial charge in [0.2, 0.25) is 0 Å². The first-order valence-electron chi connectivity index (χ1n) is 6.41. The number of halogens is 1. The maximum Gasteiger partial charge on any atom is 0.134 e. The summed E-state index contributed by atoms with van der Waals surface area (Å²) in [5.41, 5.74) is 4.18. The standard InChI is InChI=1S/C16H18ClNO2/c1-10-5-4-6-14(18-3)12(10)9-20-16-8-13(17)15(19)7-11(16)2/h4-8,18-19H,9H2,1-3H3. The average molecular weight is 292 g/mol. The molecule has 0 fully saturated rings. The Balaban J connectivity index is 2.23. The second-order valence-corrected chi connectivity index (χ2v) is 5.12. The normalized spacial score (nSPS) is 10.4. The van der Waals surface area contributed by atoms with Crippen molar-refractivity contribution in [2.24, 2.45) is 0 Å². The van der Waals surface area contributed by atoms with Crippen LogP contribution in [0.1, 0.15) is 16.7 Å². The van der Waals surface area contributed by atoms with Crippen molar-refractivity contribution < 1.29 is 9.84 Å². The zero-order valence-electron chi connectivity index (χ0n) is 11.8. The molecule has 4 heteroatoms. The van der Waals surface area contributed by atoms with Gasteiger partial charge in [-0.2, -0.15) is 0 Å². The van der Waals surface area contributed by atoms with Crippen LogP contribution in [0.15, 0.2) is 30.3 Å². The van der Waals surface area contributed by atoms with Gasteiger partial charge in [0.1, 0.15) is 18.1 Å². The summed E-state index contributed by atoms with van der Waals surface area (Å²) < 4.78 is 5.85. The molecule has 2 N–H and O–H groups in total. The van der Waals surface area contributed by atoms with Gasteiger partial charge in [-0.25, -0.2) is 0 Å². The van der Waals surface area contributed by atoms with Gasteiger partial charge in [0, 0.05) is 24.4 Å². The van der Waals surface area contributed by atoms with Crippen molar-refractivity contribution in [3.8, 4) is 11.5 Å². The number of anilines is 1. The van der Waals surface area contributed by atoms with Crippen LogP contribution in [0.4, 0.5) is 5.69 Å². The lowest BCUT2D eigenvalue weighted by Gasteiger charge is -2.15. The highest BCUT2D eigenvalue weighted by Gasteiger charge is 2.09. The zero-order chi connectivity index (χ0) is 14.7. The van der Waals surface area contributed by atoms with Crippen molar-refractivity contribution >= 4 is 17.3 Å². The number of ether oxygens (including phenoxy) is 1. The van der Waals surface area contributed by atoms with Gasteiger partial charge in [-0.15, -0.1) is 0 Å².